The van der Waals surface area contributed by atoms with Gasteiger partial charge in [0.15, 0.2) is 6.29 Å². The van der Waals surface area contributed by atoms with E-state index in [0.29, 0.717) is 6.61 Å². The fourth-order valence-electron chi connectivity index (χ4n) is 3.63. The van der Waals surface area contributed by atoms with Gasteiger partial charge in [0.05, 0.1) is 13.2 Å². The van der Waals surface area contributed by atoms with Gasteiger partial charge in [0.25, 0.3) is 0 Å². The molecule has 0 bridgehead atoms. The van der Waals surface area contributed by atoms with Crippen molar-refractivity contribution in [3.63, 3.8) is 0 Å². The topological polar surface area (TPSA) is 84.8 Å². The van der Waals surface area contributed by atoms with Crippen molar-refractivity contribution >= 4 is 0 Å². The normalized spacial score (nSPS) is 40.9. The molecule has 0 aromatic heterocycles. The van der Waals surface area contributed by atoms with Crippen LogP contribution in [0.1, 0.15) is 19.4 Å². The van der Waals surface area contributed by atoms with Gasteiger partial charge in [0, 0.05) is 21.3 Å². The van der Waals surface area contributed by atoms with Crippen LogP contribution in [0, 0.1) is 0 Å². The predicted molar refractivity (Wildman–Crippen MR) is 98.3 cm³/mol. The molecule has 2 saturated heterocycles. The fraction of sp³-hybridized carbons (Fsp3) is 0.700. The average Bonchev–Trinajstić information content (AvgIpc) is 2.73. The van der Waals surface area contributed by atoms with E-state index in [1.165, 1.54) is 21.3 Å². The number of methoxy groups -OCH3 is 3. The second-order valence-electron chi connectivity index (χ2n) is 7.19. The molecule has 8 nitrogen and oxygen atoms in total. The lowest BCUT2D eigenvalue weighted by molar-refractivity contribution is -0.481. The zero-order valence-corrected chi connectivity index (χ0v) is 17.0. The van der Waals surface area contributed by atoms with E-state index in [0.717, 1.165) is 5.56 Å². The monoisotopic (exact) mass is 398 g/mol. The molecule has 1 aromatic carbocycles. The lowest BCUT2D eigenvalue weighted by atomic mass is 9.94. The smallest absolute Gasteiger partial charge is 0.220 e. The van der Waals surface area contributed by atoms with Crippen LogP contribution in [0.15, 0.2) is 30.3 Å². The molecule has 0 aliphatic carbocycles. The number of hydrogen-bond acceptors (Lipinski definition) is 8. The van der Waals surface area contributed by atoms with Crippen LogP contribution in [0.3, 0.4) is 0 Å². The Kier molecular flexibility index (Phi) is 6.73. The highest BCUT2D eigenvalue weighted by Crippen LogP contribution is 2.44. The first-order chi connectivity index (χ1) is 13.4. The number of hydrogen-bond donors (Lipinski definition) is 1. The van der Waals surface area contributed by atoms with E-state index in [1.807, 2.05) is 30.3 Å². The van der Waals surface area contributed by atoms with E-state index in [4.69, 9.17) is 33.2 Å². The van der Waals surface area contributed by atoms with Gasteiger partial charge in [0.2, 0.25) is 11.6 Å². The van der Waals surface area contributed by atoms with Gasteiger partial charge >= 0.3 is 0 Å². The molecular weight excluding hydrogens is 368 g/mol. The Morgan fingerprint density at radius 2 is 1.57 bits per heavy atom. The molecule has 28 heavy (non-hydrogen) atoms. The van der Waals surface area contributed by atoms with Gasteiger partial charge in [0.1, 0.15) is 24.4 Å². The largest absolute Gasteiger partial charge is 0.394 e. The lowest BCUT2D eigenvalue weighted by Crippen LogP contribution is -2.73. The Bertz CT molecular complexity index is 628. The number of aliphatic hydroxyl groups is 1. The van der Waals surface area contributed by atoms with E-state index in [2.05, 4.69) is 0 Å². The molecule has 0 amide bonds. The van der Waals surface area contributed by atoms with E-state index < -0.39 is 42.3 Å². The third-order valence-corrected chi connectivity index (χ3v) is 5.61. The SMILES string of the molecule is CO[C@H]1O[C@H](CO)[C@H]2O[C@](C)(OC)[C@@](C)(OC)O[C@@H]2[C@@H]1OCc1ccccc1. The third kappa shape index (κ3) is 3.83. The van der Waals surface area contributed by atoms with Gasteiger partial charge in [-0.1, -0.05) is 30.3 Å². The summed E-state index contributed by atoms with van der Waals surface area (Å²) in [5, 5.41) is 9.84. The first-order valence-electron chi connectivity index (χ1n) is 9.32. The van der Waals surface area contributed by atoms with Gasteiger partial charge in [-0.25, -0.2) is 0 Å². The van der Waals surface area contributed by atoms with E-state index in [-0.39, 0.29) is 6.61 Å². The summed E-state index contributed by atoms with van der Waals surface area (Å²) in [6.07, 6.45) is -3.24. The number of ether oxygens (including phenoxy) is 7. The van der Waals surface area contributed by atoms with Crippen molar-refractivity contribution in [1.82, 2.24) is 0 Å². The molecule has 158 valence electrons. The summed E-state index contributed by atoms with van der Waals surface area (Å²) in [6, 6.07) is 9.78. The minimum absolute atomic E-state index is 0.265. The maximum Gasteiger partial charge on any atom is 0.220 e. The predicted octanol–water partition coefficient (Wildman–Crippen LogP) is 1.44. The van der Waals surface area contributed by atoms with Crippen LogP contribution in [-0.4, -0.2) is 75.3 Å². The van der Waals surface area contributed by atoms with Gasteiger partial charge in [-0.2, -0.15) is 0 Å². The first-order valence-corrected chi connectivity index (χ1v) is 9.32. The summed E-state index contributed by atoms with van der Waals surface area (Å²) in [4.78, 5) is 0. The molecule has 2 aliphatic heterocycles. The molecule has 0 spiro atoms. The van der Waals surface area contributed by atoms with E-state index >= 15 is 0 Å². The highest BCUT2D eigenvalue weighted by Gasteiger charge is 2.62. The Balaban J connectivity index is 1.88. The summed E-state index contributed by atoms with van der Waals surface area (Å²) in [5.41, 5.74) is 1.01. The number of fused-ring (bicyclic) bond motifs is 1. The van der Waals surface area contributed by atoms with E-state index in [9.17, 15) is 5.11 Å². The van der Waals surface area contributed by atoms with Crippen LogP contribution in [0.5, 0.6) is 0 Å². The van der Waals surface area contributed by atoms with Gasteiger partial charge in [-0.05, 0) is 19.4 Å². The van der Waals surface area contributed by atoms with Gasteiger partial charge in [-0.3, -0.25) is 0 Å². The summed E-state index contributed by atoms with van der Waals surface area (Å²) in [6.45, 7) is 3.55. The second-order valence-corrected chi connectivity index (χ2v) is 7.19. The Labute approximate surface area is 165 Å². The molecule has 1 N–H and O–H groups in total. The summed E-state index contributed by atoms with van der Waals surface area (Å²) >= 11 is 0. The Morgan fingerprint density at radius 3 is 2.11 bits per heavy atom. The van der Waals surface area contributed by atoms with Crippen molar-refractivity contribution < 1.29 is 38.3 Å². The minimum Gasteiger partial charge on any atom is -0.394 e. The fourth-order valence-corrected chi connectivity index (χ4v) is 3.63. The molecule has 7 atom stereocenters. The van der Waals surface area contributed by atoms with Crippen molar-refractivity contribution in [2.45, 2.75) is 62.7 Å². The van der Waals surface area contributed by atoms with Crippen molar-refractivity contribution in [2.24, 2.45) is 0 Å². The van der Waals surface area contributed by atoms with Crippen molar-refractivity contribution in [2.75, 3.05) is 27.9 Å². The molecule has 2 fully saturated rings. The van der Waals surface area contributed by atoms with Crippen LogP contribution >= 0.6 is 0 Å². The Morgan fingerprint density at radius 1 is 0.964 bits per heavy atom. The molecule has 0 radical (unpaired) electrons. The van der Waals surface area contributed by atoms with Crippen LogP contribution in [0.25, 0.3) is 0 Å². The maximum absolute atomic E-state index is 9.84. The zero-order valence-electron chi connectivity index (χ0n) is 17.0. The first kappa shape index (κ1) is 21.6. The third-order valence-electron chi connectivity index (χ3n) is 5.61. The second kappa shape index (κ2) is 8.73. The summed E-state index contributed by atoms with van der Waals surface area (Å²) in [7, 11) is 4.56. The quantitative estimate of drug-likeness (QED) is 0.739. The van der Waals surface area contributed by atoms with Gasteiger partial charge < -0.3 is 38.3 Å². The van der Waals surface area contributed by atoms with Crippen molar-refractivity contribution in [1.29, 1.82) is 0 Å². The number of aliphatic hydroxyl groups excluding tert-OH is 1. The minimum atomic E-state index is -1.20. The number of benzene rings is 1. The Hall–Kier alpha value is -1.10. The zero-order chi connectivity index (χ0) is 20.4. The molecule has 8 heteroatoms. The van der Waals surface area contributed by atoms with Crippen LogP contribution in [-0.2, 0) is 39.8 Å². The van der Waals surface area contributed by atoms with Crippen molar-refractivity contribution in [3.8, 4) is 0 Å². The highest BCUT2D eigenvalue weighted by atomic mass is 16.8. The van der Waals surface area contributed by atoms with Crippen LogP contribution in [0.4, 0.5) is 0 Å². The standard InChI is InChI=1S/C20H30O8/c1-19(23-4)20(2,24-5)28-16-15(27-19)14(11-21)26-18(22-3)17(16)25-12-13-9-7-6-8-10-13/h6-10,14-18,21H,11-12H2,1-5H3/t14-,15-,16+,17+,18+,19+,20+/m1/s1. The summed E-state index contributed by atoms with van der Waals surface area (Å²) in [5.74, 6) is -2.41. The molecule has 3 rings (SSSR count). The lowest BCUT2D eigenvalue weighted by Gasteiger charge is -2.57. The highest BCUT2D eigenvalue weighted by molar-refractivity contribution is 5.13. The van der Waals surface area contributed by atoms with Crippen LogP contribution < -0.4 is 0 Å². The molecule has 2 heterocycles. The summed E-state index contributed by atoms with van der Waals surface area (Å²) < 4.78 is 41.2. The average molecular weight is 398 g/mol. The van der Waals surface area contributed by atoms with Crippen LogP contribution in [0.2, 0.25) is 0 Å². The number of rotatable bonds is 7. The molecule has 0 saturated carbocycles. The molecule has 1 aromatic rings. The van der Waals surface area contributed by atoms with Crippen molar-refractivity contribution in [3.05, 3.63) is 35.9 Å². The van der Waals surface area contributed by atoms with E-state index in [1.54, 1.807) is 13.8 Å². The molecular formula is C20H30O8. The molecule has 2 aliphatic rings. The molecule has 0 unspecified atom stereocenters. The van der Waals surface area contributed by atoms with Gasteiger partial charge in [-0.15, -0.1) is 0 Å². The maximum atomic E-state index is 9.84.